The normalized spacial score (nSPS) is 14.0. The number of halogens is 1. The molecular formula is C14H15FN2O3. The predicted molar refractivity (Wildman–Crippen MR) is 71.4 cm³/mol. The van der Waals surface area contributed by atoms with E-state index in [0.29, 0.717) is 10.9 Å². The zero-order chi connectivity index (χ0) is 14.7. The summed E-state index contributed by atoms with van der Waals surface area (Å²) < 4.78 is 13.9. The van der Waals surface area contributed by atoms with E-state index in [1.165, 1.54) is 19.1 Å². The van der Waals surface area contributed by atoms with Gasteiger partial charge >= 0.3 is 0 Å². The molecule has 0 aliphatic rings. The van der Waals surface area contributed by atoms with Gasteiger partial charge in [-0.05, 0) is 12.1 Å². The first kappa shape index (κ1) is 14.4. The molecule has 2 unspecified atom stereocenters. The Morgan fingerprint density at radius 1 is 1.45 bits per heavy atom. The number of fused-ring (bicyclic) bond motifs is 1. The summed E-state index contributed by atoms with van der Waals surface area (Å²) in [6.45, 7) is 1.14. The van der Waals surface area contributed by atoms with Crippen molar-refractivity contribution < 1.29 is 19.4 Å². The van der Waals surface area contributed by atoms with Crippen molar-refractivity contribution in [1.82, 2.24) is 10.3 Å². The molecule has 0 saturated carbocycles. The van der Waals surface area contributed by atoms with E-state index in [1.54, 1.807) is 18.3 Å². The van der Waals surface area contributed by atoms with Crippen molar-refractivity contribution in [2.75, 3.05) is 6.54 Å². The third kappa shape index (κ3) is 3.09. The van der Waals surface area contributed by atoms with E-state index in [4.69, 9.17) is 0 Å². The van der Waals surface area contributed by atoms with Gasteiger partial charge in [0.25, 0.3) is 0 Å². The molecule has 1 aromatic carbocycles. The number of aliphatic hydroxyl groups excluding tert-OH is 2. The molecule has 0 radical (unpaired) electrons. The molecule has 1 aromatic heterocycles. The van der Waals surface area contributed by atoms with Crippen molar-refractivity contribution in [1.29, 1.82) is 0 Å². The van der Waals surface area contributed by atoms with E-state index < -0.39 is 18.0 Å². The van der Waals surface area contributed by atoms with E-state index in [1.807, 2.05) is 0 Å². The van der Waals surface area contributed by atoms with Gasteiger partial charge in [-0.3, -0.25) is 9.78 Å². The Hall–Kier alpha value is -2.05. The maximum absolute atomic E-state index is 13.9. The van der Waals surface area contributed by atoms with Crippen LogP contribution in [-0.2, 0) is 4.79 Å². The van der Waals surface area contributed by atoms with Gasteiger partial charge in [0.05, 0.1) is 5.52 Å². The van der Waals surface area contributed by atoms with E-state index in [2.05, 4.69) is 10.3 Å². The van der Waals surface area contributed by atoms with Crippen molar-refractivity contribution in [3.63, 3.8) is 0 Å². The number of hydrogen-bond donors (Lipinski definition) is 3. The highest BCUT2D eigenvalue weighted by molar-refractivity contribution is 5.79. The largest absolute Gasteiger partial charge is 0.388 e. The minimum absolute atomic E-state index is 0.0247. The van der Waals surface area contributed by atoms with E-state index >= 15 is 0 Å². The van der Waals surface area contributed by atoms with Crippen LogP contribution >= 0.6 is 0 Å². The van der Waals surface area contributed by atoms with E-state index in [0.717, 1.165) is 0 Å². The molecule has 20 heavy (non-hydrogen) atoms. The quantitative estimate of drug-likeness (QED) is 0.776. The average Bonchev–Trinajstić information content (AvgIpc) is 2.43. The van der Waals surface area contributed by atoms with Crippen LogP contribution in [0.15, 0.2) is 30.5 Å². The number of nitrogens with one attached hydrogen (secondary N) is 1. The summed E-state index contributed by atoms with van der Waals surface area (Å²) in [6.07, 6.45) is -1.17. The van der Waals surface area contributed by atoms with Gasteiger partial charge in [-0.1, -0.05) is 6.07 Å². The third-order valence-electron chi connectivity index (χ3n) is 2.96. The van der Waals surface area contributed by atoms with Crippen LogP contribution in [0.4, 0.5) is 4.39 Å². The van der Waals surface area contributed by atoms with Crippen molar-refractivity contribution >= 4 is 16.8 Å². The number of hydrogen-bond acceptors (Lipinski definition) is 4. The van der Waals surface area contributed by atoms with Gasteiger partial charge in [-0.15, -0.1) is 0 Å². The van der Waals surface area contributed by atoms with Crippen LogP contribution < -0.4 is 5.32 Å². The van der Waals surface area contributed by atoms with Gasteiger partial charge in [0.2, 0.25) is 5.91 Å². The lowest BCUT2D eigenvalue weighted by Crippen LogP contribution is -2.34. The molecule has 1 heterocycles. The van der Waals surface area contributed by atoms with Gasteiger partial charge in [0.1, 0.15) is 18.0 Å². The fraction of sp³-hybridized carbons (Fsp3) is 0.286. The molecule has 2 atom stereocenters. The molecule has 3 N–H and O–H groups in total. The highest BCUT2D eigenvalue weighted by Gasteiger charge is 2.22. The van der Waals surface area contributed by atoms with Gasteiger partial charge in [0, 0.05) is 36.7 Å². The SMILES string of the molecule is CC(=O)NCC(O)C(O)c1cc2cccnc2cc1F. The van der Waals surface area contributed by atoms with Crippen LogP contribution in [0, 0.1) is 5.82 Å². The monoisotopic (exact) mass is 278 g/mol. The molecule has 2 rings (SSSR count). The number of benzene rings is 1. The fourth-order valence-corrected chi connectivity index (χ4v) is 1.91. The lowest BCUT2D eigenvalue weighted by Gasteiger charge is -2.19. The molecule has 0 aliphatic heterocycles. The molecule has 2 aromatic rings. The second kappa shape index (κ2) is 5.94. The van der Waals surface area contributed by atoms with Crippen LogP contribution in [0.3, 0.4) is 0 Å². The summed E-state index contributed by atoms with van der Waals surface area (Å²) >= 11 is 0. The number of aromatic nitrogens is 1. The van der Waals surface area contributed by atoms with Crippen molar-refractivity contribution in [2.24, 2.45) is 0 Å². The average molecular weight is 278 g/mol. The maximum Gasteiger partial charge on any atom is 0.216 e. The Balaban J connectivity index is 2.26. The Morgan fingerprint density at radius 2 is 2.20 bits per heavy atom. The Labute approximate surface area is 115 Å². The summed E-state index contributed by atoms with van der Waals surface area (Å²) in [5.74, 6) is -0.981. The molecular weight excluding hydrogens is 263 g/mol. The van der Waals surface area contributed by atoms with Crippen LogP contribution in [0.1, 0.15) is 18.6 Å². The van der Waals surface area contributed by atoms with Gasteiger partial charge in [-0.25, -0.2) is 4.39 Å². The molecule has 0 spiro atoms. The number of nitrogens with zero attached hydrogens (tertiary/aromatic N) is 1. The molecule has 0 saturated heterocycles. The number of rotatable bonds is 4. The minimum Gasteiger partial charge on any atom is -0.388 e. The zero-order valence-corrected chi connectivity index (χ0v) is 10.9. The molecule has 1 amide bonds. The third-order valence-corrected chi connectivity index (χ3v) is 2.96. The van der Waals surface area contributed by atoms with E-state index in [-0.39, 0.29) is 18.0 Å². The lowest BCUT2D eigenvalue weighted by atomic mass is 10.0. The van der Waals surface area contributed by atoms with Crippen LogP contribution in [0.2, 0.25) is 0 Å². The first-order chi connectivity index (χ1) is 9.49. The molecule has 6 heteroatoms. The van der Waals surface area contributed by atoms with Crippen molar-refractivity contribution in [3.8, 4) is 0 Å². The number of pyridine rings is 1. The fourth-order valence-electron chi connectivity index (χ4n) is 1.91. The topological polar surface area (TPSA) is 82.5 Å². The summed E-state index contributed by atoms with van der Waals surface area (Å²) in [4.78, 5) is 14.8. The molecule has 106 valence electrons. The molecule has 5 nitrogen and oxygen atoms in total. The zero-order valence-electron chi connectivity index (χ0n) is 10.9. The number of aliphatic hydroxyl groups is 2. The second-order valence-electron chi connectivity index (χ2n) is 4.52. The smallest absolute Gasteiger partial charge is 0.216 e. The predicted octanol–water partition coefficient (Wildman–Crippen LogP) is 0.904. The number of carbonyl (C=O) groups is 1. The Bertz CT molecular complexity index is 633. The molecule has 0 bridgehead atoms. The minimum atomic E-state index is -1.42. The van der Waals surface area contributed by atoms with Crippen molar-refractivity contribution in [3.05, 3.63) is 41.8 Å². The highest BCUT2D eigenvalue weighted by atomic mass is 19.1. The highest BCUT2D eigenvalue weighted by Crippen LogP contribution is 2.24. The summed E-state index contributed by atoms with van der Waals surface area (Å²) in [5, 5.41) is 22.8. The first-order valence-corrected chi connectivity index (χ1v) is 6.14. The summed E-state index contributed by atoms with van der Waals surface area (Å²) in [6, 6.07) is 6.08. The van der Waals surface area contributed by atoms with Gasteiger partial charge in [0.15, 0.2) is 0 Å². The Kier molecular flexibility index (Phi) is 4.26. The Morgan fingerprint density at radius 3 is 2.90 bits per heavy atom. The van der Waals surface area contributed by atoms with Crippen LogP contribution in [0.5, 0.6) is 0 Å². The molecule has 0 aliphatic carbocycles. The number of carbonyl (C=O) groups excluding carboxylic acids is 1. The summed E-state index contributed by atoms with van der Waals surface area (Å²) in [5.41, 5.74) is 0.445. The molecule has 0 fully saturated rings. The second-order valence-corrected chi connectivity index (χ2v) is 4.52. The van der Waals surface area contributed by atoms with Crippen molar-refractivity contribution in [2.45, 2.75) is 19.1 Å². The van der Waals surface area contributed by atoms with E-state index in [9.17, 15) is 19.4 Å². The standard InChI is InChI=1S/C14H15FN2O3/c1-8(18)17-7-13(19)14(20)10-5-9-3-2-4-16-12(9)6-11(10)15/h2-6,13-14,19-20H,7H2,1H3,(H,17,18). The van der Waals surface area contributed by atoms with Crippen LogP contribution in [0.25, 0.3) is 10.9 Å². The summed E-state index contributed by atoms with van der Waals surface area (Å²) in [7, 11) is 0. The van der Waals surface area contributed by atoms with Gasteiger partial charge < -0.3 is 15.5 Å². The van der Waals surface area contributed by atoms with Gasteiger partial charge in [-0.2, -0.15) is 0 Å². The lowest BCUT2D eigenvalue weighted by molar-refractivity contribution is -0.119. The number of amides is 1. The maximum atomic E-state index is 13.9. The van der Waals surface area contributed by atoms with Crippen LogP contribution in [-0.4, -0.2) is 33.8 Å². The first-order valence-electron chi connectivity index (χ1n) is 6.14.